The first-order chi connectivity index (χ1) is 15.2. The summed E-state index contributed by atoms with van der Waals surface area (Å²) in [6, 6.07) is 18.2. The molecule has 6 heteroatoms. The largest absolute Gasteiger partial charge is 0.381 e. The standard InChI is InChI=1S/C25H27N3O3/c29-24(17-8-11-28(12-9-17)25(30)20-10-13-31-16-20)26-21-6-3-5-18(14-21)23-15-19-4-1-2-7-22(19)27-23/h1-7,14-15,17,20,27H,8-13,16H2,(H,26,29). The number of fused-ring (bicyclic) bond motifs is 1. The van der Waals surface area contributed by atoms with Crippen molar-refractivity contribution in [2.45, 2.75) is 19.3 Å². The number of aromatic nitrogens is 1. The second-order valence-electron chi connectivity index (χ2n) is 8.50. The van der Waals surface area contributed by atoms with E-state index < -0.39 is 0 Å². The van der Waals surface area contributed by atoms with Crippen molar-refractivity contribution in [3.63, 3.8) is 0 Å². The Balaban J connectivity index is 1.21. The van der Waals surface area contributed by atoms with Gasteiger partial charge in [0, 0.05) is 53.5 Å². The molecule has 0 saturated carbocycles. The van der Waals surface area contributed by atoms with E-state index in [1.54, 1.807) is 0 Å². The second-order valence-corrected chi connectivity index (χ2v) is 8.50. The van der Waals surface area contributed by atoms with Crippen molar-refractivity contribution in [1.29, 1.82) is 0 Å². The number of aromatic amines is 1. The molecule has 2 amide bonds. The summed E-state index contributed by atoms with van der Waals surface area (Å²) >= 11 is 0. The summed E-state index contributed by atoms with van der Waals surface area (Å²) in [5, 5.41) is 4.24. The highest BCUT2D eigenvalue weighted by Crippen LogP contribution is 2.27. The summed E-state index contributed by atoms with van der Waals surface area (Å²) in [4.78, 5) is 30.7. The Morgan fingerprint density at radius 2 is 1.81 bits per heavy atom. The molecule has 0 aliphatic carbocycles. The van der Waals surface area contributed by atoms with Gasteiger partial charge in [-0.1, -0.05) is 30.3 Å². The first kappa shape index (κ1) is 19.8. The molecule has 0 bridgehead atoms. The van der Waals surface area contributed by atoms with Gasteiger partial charge in [0.15, 0.2) is 0 Å². The number of benzene rings is 2. The van der Waals surface area contributed by atoms with Crippen LogP contribution in [0, 0.1) is 11.8 Å². The lowest BCUT2D eigenvalue weighted by atomic mass is 9.94. The maximum absolute atomic E-state index is 12.8. The van der Waals surface area contributed by atoms with Crippen molar-refractivity contribution in [2.75, 3.05) is 31.6 Å². The lowest BCUT2D eigenvalue weighted by Crippen LogP contribution is -2.44. The second kappa shape index (κ2) is 8.55. The number of H-pyrrole nitrogens is 1. The summed E-state index contributed by atoms with van der Waals surface area (Å²) in [7, 11) is 0. The van der Waals surface area contributed by atoms with Crippen molar-refractivity contribution in [3.05, 3.63) is 54.6 Å². The van der Waals surface area contributed by atoms with Crippen LogP contribution in [-0.4, -0.2) is 48.0 Å². The van der Waals surface area contributed by atoms with Crippen LogP contribution in [0.4, 0.5) is 5.69 Å². The van der Waals surface area contributed by atoms with Gasteiger partial charge in [-0.25, -0.2) is 0 Å². The van der Waals surface area contributed by atoms with Crippen LogP contribution in [0.1, 0.15) is 19.3 Å². The number of nitrogens with one attached hydrogen (secondary N) is 2. The third kappa shape index (κ3) is 4.21. The van der Waals surface area contributed by atoms with Gasteiger partial charge in [-0.2, -0.15) is 0 Å². The van der Waals surface area contributed by atoms with Crippen LogP contribution in [0.15, 0.2) is 54.6 Å². The van der Waals surface area contributed by atoms with Gasteiger partial charge < -0.3 is 19.9 Å². The number of carbonyl (C=O) groups excluding carboxylic acids is 2. The number of carbonyl (C=O) groups is 2. The van der Waals surface area contributed by atoms with E-state index >= 15 is 0 Å². The van der Waals surface area contributed by atoms with Crippen molar-refractivity contribution >= 4 is 28.4 Å². The molecule has 3 heterocycles. The molecule has 2 saturated heterocycles. The molecule has 0 spiro atoms. The van der Waals surface area contributed by atoms with Crippen molar-refractivity contribution in [3.8, 4) is 11.3 Å². The van der Waals surface area contributed by atoms with E-state index in [9.17, 15) is 9.59 Å². The Kier molecular flexibility index (Phi) is 5.47. The molecule has 1 atom stereocenters. The lowest BCUT2D eigenvalue weighted by molar-refractivity contribution is -0.138. The molecule has 160 valence electrons. The fourth-order valence-electron chi connectivity index (χ4n) is 4.59. The highest BCUT2D eigenvalue weighted by atomic mass is 16.5. The van der Waals surface area contributed by atoms with Gasteiger partial charge in [0.1, 0.15) is 0 Å². The van der Waals surface area contributed by atoms with Gasteiger partial charge in [-0.15, -0.1) is 0 Å². The van der Waals surface area contributed by atoms with E-state index in [1.807, 2.05) is 41.3 Å². The lowest BCUT2D eigenvalue weighted by Gasteiger charge is -2.32. The van der Waals surface area contributed by atoms with Crippen LogP contribution in [-0.2, 0) is 14.3 Å². The Labute approximate surface area is 181 Å². The molecule has 5 rings (SSSR count). The minimum Gasteiger partial charge on any atom is -0.381 e. The number of hydrogen-bond acceptors (Lipinski definition) is 3. The third-order valence-corrected chi connectivity index (χ3v) is 6.43. The van der Waals surface area contributed by atoms with Gasteiger partial charge in [-0.3, -0.25) is 9.59 Å². The predicted molar refractivity (Wildman–Crippen MR) is 121 cm³/mol. The zero-order valence-corrected chi connectivity index (χ0v) is 17.5. The highest BCUT2D eigenvalue weighted by Gasteiger charge is 2.32. The number of para-hydroxylation sites is 1. The van der Waals surface area contributed by atoms with Crippen molar-refractivity contribution in [1.82, 2.24) is 9.88 Å². The summed E-state index contributed by atoms with van der Waals surface area (Å²) in [5.74, 6) is 0.144. The number of amides is 2. The van der Waals surface area contributed by atoms with Crippen LogP contribution >= 0.6 is 0 Å². The SMILES string of the molecule is O=C(Nc1cccc(-c2cc3ccccc3[nH]2)c1)C1CCN(C(=O)C2CCOC2)CC1. The van der Waals surface area contributed by atoms with Crippen LogP contribution < -0.4 is 5.32 Å². The molecule has 1 aromatic heterocycles. The quantitative estimate of drug-likeness (QED) is 0.673. The monoisotopic (exact) mass is 417 g/mol. The van der Waals surface area contributed by atoms with Gasteiger partial charge in [-0.05, 0) is 43.5 Å². The van der Waals surface area contributed by atoms with Crippen LogP contribution in [0.2, 0.25) is 0 Å². The van der Waals surface area contributed by atoms with E-state index in [4.69, 9.17) is 4.74 Å². The van der Waals surface area contributed by atoms with Crippen molar-refractivity contribution < 1.29 is 14.3 Å². The normalized spacial score (nSPS) is 19.6. The zero-order chi connectivity index (χ0) is 21.2. The Morgan fingerprint density at radius 3 is 2.58 bits per heavy atom. The van der Waals surface area contributed by atoms with E-state index in [-0.39, 0.29) is 23.7 Å². The number of likely N-dealkylation sites (tertiary alicyclic amines) is 1. The number of nitrogens with zero attached hydrogens (tertiary/aromatic N) is 1. The summed E-state index contributed by atoms with van der Waals surface area (Å²) < 4.78 is 5.34. The van der Waals surface area contributed by atoms with Gasteiger partial charge in [0.25, 0.3) is 0 Å². The van der Waals surface area contributed by atoms with Crippen molar-refractivity contribution in [2.24, 2.45) is 11.8 Å². The molecule has 31 heavy (non-hydrogen) atoms. The molecule has 1 unspecified atom stereocenters. The summed E-state index contributed by atoms with van der Waals surface area (Å²) in [6.07, 6.45) is 2.21. The molecule has 2 aliphatic heterocycles. The number of hydrogen-bond donors (Lipinski definition) is 2. The van der Waals surface area contributed by atoms with Gasteiger partial charge in [0.2, 0.25) is 11.8 Å². The molecule has 2 fully saturated rings. The van der Waals surface area contributed by atoms with E-state index in [0.29, 0.717) is 39.1 Å². The smallest absolute Gasteiger partial charge is 0.228 e. The number of anilines is 1. The first-order valence-corrected chi connectivity index (χ1v) is 11.0. The topological polar surface area (TPSA) is 74.4 Å². The molecule has 3 aromatic rings. The minimum absolute atomic E-state index is 0.00208. The number of ether oxygens (including phenoxy) is 1. The fourth-order valence-corrected chi connectivity index (χ4v) is 4.59. The molecular weight excluding hydrogens is 390 g/mol. The van der Waals surface area contributed by atoms with Gasteiger partial charge >= 0.3 is 0 Å². The average molecular weight is 418 g/mol. The average Bonchev–Trinajstić information content (AvgIpc) is 3.49. The Morgan fingerprint density at radius 1 is 0.968 bits per heavy atom. The summed E-state index contributed by atoms with van der Waals surface area (Å²) in [5.41, 5.74) is 3.95. The molecular formula is C25H27N3O3. The molecule has 2 N–H and O–H groups in total. The number of rotatable bonds is 4. The highest BCUT2D eigenvalue weighted by molar-refractivity contribution is 5.94. The van der Waals surface area contributed by atoms with Crippen LogP contribution in [0.3, 0.4) is 0 Å². The van der Waals surface area contributed by atoms with Crippen LogP contribution in [0.25, 0.3) is 22.2 Å². The molecule has 0 radical (unpaired) electrons. The van der Waals surface area contributed by atoms with Gasteiger partial charge in [0.05, 0.1) is 12.5 Å². The predicted octanol–water partition coefficient (Wildman–Crippen LogP) is 4.05. The van der Waals surface area contributed by atoms with Crippen LogP contribution in [0.5, 0.6) is 0 Å². The van der Waals surface area contributed by atoms with E-state index in [0.717, 1.165) is 34.3 Å². The molecule has 2 aliphatic rings. The third-order valence-electron chi connectivity index (χ3n) is 6.43. The fraction of sp³-hybridized carbons (Fsp3) is 0.360. The van der Waals surface area contributed by atoms with E-state index in [2.05, 4.69) is 28.5 Å². The zero-order valence-electron chi connectivity index (χ0n) is 17.5. The minimum atomic E-state index is -0.0689. The maximum atomic E-state index is 12.8. The Hall–Kier alpha value is -3.12. The molecule has 2 aromatic carbocycles. The first-order valence-electron chi connectivity index (χ1n) is 11.0. The summed E-state index contributed by atoms with van der Waals surface area (Å²) in [6.45, 7) is 2.49. The maximum Gasteiger partial charge on any atom is 0.228 e. The molecule has 6 nitrogen and oxygen atoms in total. The van der Waals surface area contributed by atoms with E-state index in [1.165, 1.54) is 0 Å². The number of piperidine rings is 1. The Bertz CT molecular complexity index is 1060.